The number of carbonyl (C=O) groups is 2. The Hall–Kier alpha value is -4.41. The number of carbonyl (C=O) groups excluding carboxylic acids is 2. The summed E-state index contributed by atoms with van der Waals surface area (Å²) in [5, 5.41) is 9.63. The molecule has 0 fully saturated rings. The highest BCUT2D eigenvalue weighted by atomic mass is 16.6. The number of rotatable bonds is 23. The molecule has 0 aliphatic carbocycles. The van der Waals surface area contributed by atoms with Gasteiger partial charge in [0.05, 0.1) is 6.61 Å². The molecule has 0 heterocycles. The Bertz CT molecular complexity index is 1460. The second-order valence-electron chi connectivity index (χ2n) is 12.3. The standard InChI is InChI=1S/C42H53NO6/c1-4-6-8-10-11-12-14-16-30-47-38-23-17-34(18-24-38)31-37(32-43)42(45)49-40-27-21-36(22-28-40)35-19-25-39(26-20-35)48-41(44)33(3)46-29-15-13-9-7-5-2/h17-28,31,33H,4-16,29-30H2,1-3H3/b37-31+. The topological polar surface area (TPSA) is 94.9 Å². The van der Waals surface area contributed by atoms with Gasteiger partial charge in [-0.1, -0.05) is 121 Å². The Kier molecular flexibility index (Phi) is 18.3. The summed E-state index contributed by atoms with van der Waals surface area (Å²) in [5.41, 5.74) is 2.39. The minimum Gasteiger partial charge on any atom is -0.494 e. The highest BCUT2D eigenvalue weighted by Crippen LogP contribution is 2.26. The van der Waals surface area contributed by atoms with Crippen molar-refractivity contribution in [3.8, 4) is 34.4 Å². The van der Waals surface area contributed by atoms with Crippen LogP contribution in [0.25, 0.3) is 17.2 Å². The quantitative estimate of drug-likeness (QED) is 0.0326. The van der Waals surface area contributed by atoms with Crippen molar-refractivity contribution in [1.29, 1.82) is 5.26 Å². The maximum atomic E-state index is 12.8. The zero-order valence-corrected chi connectivity index (χ0v) is 29.6. The van der Waals surface area contributed by atoms with Crippen LogP contribution in [0, 0.1) is 11.3 Å². The van der Waals surface area contributed by atoms with E-state index in [0.29, 0.717) is 30.3 Å². The number of hydrogen-bond donors (Lipinski definition) is 0. The first-order valence-electron chi connectivity index (χ1n) is 18.0. The van der Waals surface area contributed by atoms with Crippen LogP contribution >= 0.6 is 0 Å². The fourth-order valence-corrected chi connectivity index (χ4v) is 5.22. The highest BCUT2D eigenvalue weighted by Gasteiger charge is 2.16. The van der Waals surface area contributed by atoms with Crippen LogP contribution in [0.2, 0.25) is 0 Å². The number of ether oxygens (including phenoxy) is 4. The first kappa shape index (κ1) is 39.0. The lowest BCUT2D eigenvalue weighted by Gasteiger charge is -2.13. The van der Waals surface area contributed by atoms with Crippen molar-refractivity contribution in [2.75, 3.05) is 13.2 Å². The van der Waals surface area contributed by atoms with Crippen LogP contribution in [-0.2, 0) is 14.3 Å². The average Bonchev–Trinajstić information content (AvgIpc) is 3.12. The van der Waals surface area contributed by atoms with Gasteiger partial charge in [-0.3, -0.25) is 0 Å². The van der Waals surface area contributed by atoms with Gasteiger partial charge in [0.15, 0.2) is 6.10 Å². The van der Waals surface area contributed by atoms with Gasteiger partial charge in [0.25, 0.3) is 0 Å². The summed E-state index contributed by atoms with van der Waals surface area (Å²) in [7, 11) is 0. The lowest BCUT2D eigenvalue weighted by Crippen LogP contribution is -2.26. The Balaban J connectivity index is 1.43. The summed E-state index contributed by atoms with van der Waals surface area (Å²) >= 11 is 0. The van der Waals surface area contributed by atoms with Crippen LogP contribution in [0.15, 0.2) is 78.4 Å². The fraction of sp³-hybridized carbons (Fsp3) is 0.452. The smallest absolute Gasteiger partial charge is 0.354 e. The van der Waals surface area contributed by atoms with Gasteiger partial charge in [-0.2, -0.15) is 5.26 Å². The third-order valence-electron chi connectivity index (χ3n) is 8.22. The van der Waals surface area contributed by atoms with Gasteiger partial charge < -0.3 is 18.9 Å². The van der Waals surface area contributed by atoms with Crippen LogP contribution in [0.1, 0.15) is 110 Å². The van der Waals surface area contributed by atoms with Gasteiger partial charge in [-0.05, 0) is 78.9 Å². The van der Waals surface area contributed by atoms with E-state index in [1.165, 1.54) is 70.3 Å². The van der Waals surface area contributed by atoms with E-state index in [-0.39, 0.29) is 5.57 Å². The third-order valence-corrected chi connectivity index (χ3v) is 8.22. The molecule has 1 unspecified atom stereocenters. The summed E-state index contributed by atoms with van der Waals surface area (Å²) < 4.78 is 22.5. The van der Waals surface area contributed by atoms with Crippen molar-refractivity contribution in [1.82, 2.24) is 0 Å². The largest absolute Gasteiger partial charge is 0.494 e. The van der Waals surface area contributed by atoms with Crippen molar-refractivity contribution in [3.63, 3.8) is 0 Å². The van der Waals surface area contributed by atoms with E-state index in [1.807, 2.05) is 54.6 Å². The molecule has 1 atom stereocenters. The van der Waals surface area contributed by atoms with E-state index in [1.54, 1.807) is 31.2 Å². The molecule has 0 amide bonds. The third kappa shape index (κ3) is 15.1. The predicted molar refractivity (Wildman–Crippen MR) is 195 cm³/mol. The molecule has 0 bridgehead atoms. The van der Waals surface area contributed by atoms with Gasteiger partial charge in [0.2, 0.25) is 0 Å². The van der Waals surface area contributed by atoms with Crippen LogP contribution in [0.5, 0.6) is 17.2 Å². The average molecular weight is 668 g/mol. The van der Waals surface area contributed by atoms with E-state index >= 15 is 0 Å². The van der Waals surface area contributed by atoms with Crippen molar-refractivity contribution in [3.05, 3.63) is 83.9 Å². The van der Waals surface area contributed by atoms with Crippen molar-refractivity contribution in [2.45, 2.75) is 110 Å². The van der Waals surface area contributed by atoms with Gasteiger partial charge in [-0.25, -0.2) is 9.59 Å². The molecule has 7 heteroatoms. The Morgan fingerprint density at radius 1 is 0.633 bits per heavy atom. The molecule has 49 heavy (non-hydrogen) atoms. The molecule has 0 radical (unpaired) electrons. The Morgan fingerprint density at radius 3 is 1.63 bits per heavy atom. The van der Waals surface area contributed by atoms with Crippen molar-refractivity contribution >= 4 is 18.0 Å². The highest BCUT2D eigenvalue weighted by molar-refractivity contribution is 5.99. The number of nitriles is 1. The molecule has 3 aromatic carbocycles. The number of benzene rings is 3. The van der Waals surface area contributed by atoms with Crippen LogP contribution in [0.3, 0.4) is 0 Å². The molecule has 3 rings (SSSR count). The normalized spacial score (nSPS) is 11.8. The Morgan fingerprint density at radius 2 is 1.10 bits per heavy atom. The van der Waals surface area contributed by atoms with Gasteiger partial charge in [0.1, 0.15) is 28.9 Å². The molecule has 0 N–H and O–H groups in total. The van der Waals surface area contributed by atoms with E-state index < -0.39 is 18.0 Å². The molecule has 7 nitrogen and oxygen atoms in total. The zero-order valence-electron chi connectivity index (χ0n) is 29.6. The van der Waals surface area contributed by atoms with Crippen molar-refractivity contribution < 1.29 is 28.5 Å². The molecule has 0 aromatic heterocycles. The predicted octanol–water partition coefficient (Wildman–Crippen LogP) is 10.7. The first-order valence-corrected chi connectivity index (χ1v) is 18.0. The maximum Gasteiger partial charge on any atom is 0.354 e. The molecule has 262 valence electrons. The summed E-state index contributed by atoms with van der Waals surface area (Å²) in [4.78, 5) is 25.2. The molecule has 0 spiro atoms. The molecule has 0 saturated carbocycles. The molecule has 0 aliphatic heterocycles. The number of unbranched alkanes of at least 4 members (excludes halogenated alkanes) is 11. The summed E-state index contributed by atoms with van der Waals surface area (Å²) in [6, 6.07) is 23.5. The van der Waals surface area contributed by atoms with E-state index in [9.17, 15) is 14.9 Å². The molecular weight excluding hydrogens is 614 g/mol. The van der Waals surface area contributed by atoms with E-state index in [4.69, 9.17) is 18.9 Å². The minimum atomic E-state index is -0.730. The second kappa shape index (κ2) is 23.0. The van der Waals surface area contributed by atoms with Crippen LogP contribution < -0.4 is 14.2 Å². The maximum absolute atomic E-state index is 12.8. The van der Waals surface area contributed by atoms with E-state index in [2.05, 4.69) is 13.8 Å². The summed E-state index contributed by atoms with van der Waals surface area (Å²) in [6.45, 7) is 7.34. The van der Waals surface area contributed by atoms with Crippen LogP contribution in [-0.4, -0.2) is 31.3 Å². The van der Waals surface area contributed by atoms with Gasteiger partial charge in [0, 0.05) is 6.61 Å². The minimum absolute atomic E-state index is 0.103. The first-order chi connectivity index (χ1) is 23.9. The number of esters is 2. The van der Waals surface area contributed by atoms with Crippen LogP contribution in [0.4, 0.5) is 0 Å². The zero-order chi connectivity index (χ0) is 35.1. The summed E-state index contributed by atoms with van der Waals surface area (Å²) in [6.07, 6.45) is 16.5. The molecule has 0 aliphatic rings. The van der Waals surface area contributed by atoms with E-state index in [0.717, 1.165) is 36.1 Å². The summed E-state index contributed by atoms with van der Waals surface area (Å²) in [5.74, 6) is 0.374. The number of nitrogens with zero attached hydrogens (tertiary/aromatic N) is 1. The lowest BCUT2D eigenvalue weighted by atomic mass is 10.1. The second-order valence-corrected chi connectivity index (χ2v) is 12.3. The molecule has 0 saturated heterocycles. The molecule has 3 aromatic rings. The van der Waals surface area contributed by atoms with Crippen molar-refractivity contribution in [2.24, 2.45) is 0 Å². The SMILES string of the molecule is CCCCCCCCCCOc1ccc(/C=C(\C#N)C(=O)Oc2ccc(-c3ccc(OC(=O)C(C)OCCCCCCC)cc3)cc2)cc1. The fourth-order valence-electron chi connectivity index (χ4n) is 5.22. The van der Waals surface area contributed by atoms with Gasteiger partial charge >= 0.3 is 11.9 Å². The monoisotopic (exact) mass is 667 g/mol. The lowest BCUT2D eigenvalue weighted by molar-refractivity contribution is -0.146. The molecular formula is C42H53NO6. The Labute approximate surface area is 293 Å². The van der Waals surface area contributed by atoms with Gasteiger partial charge in [-0.15, -0.1) is 0 Å². The number of hydrogen-bond acceptors (Lipinski definition) is 7.